The molecule has 0 bridgehead atoms. The van der Waals surface area contributed by atoms with Crippen LogP contribution in [-0.2, 0) is 10.0 Å². The maximum Gasteiger partial charge on any atom is 0.345 e. The zero-order valence-electron chi connectivity index (χ0n) is 11.0. The minimum Gasteiger partial charge on any atom is -0.477 e. The number of halogens is 1. The van der Waals surface area contributed by atoms with Gasteiger partial charge in [-0.1, -0.05) is 23.7 Å². The lowest BCUT2D eigenvalue weighted by atomic mass is 10.3. The summed E-state index contributed by atoms with van der Waals surface area (Å²) in [5, 5.41) is 9.22. The van der Waals surface area contributed by atoms with Crippen LogP contribution in [0, 0.1) is 0 Å². The molecule has 0 spiro atoms. The SMILES string of the molecule is CCN(c1ccccc1Cl)S(=O)(=O)c1ccc(C(=O)O)s1. The Morgan fingerprint density at radius 1 is 1.29 bits per heavy atom. The third-order valence-electron chi connectivity index (χ3n) is 2.74. The van der Waals surface area contributed by atoms with E-state index >= 15 is 0 Å². The van der Waals surface area contributed by atoms with Crippen LogP contribution in [0.5, 0.6) is 0 Å². The molecular weight excluding hydrogens is 334 g/mol. The number of thiophene rings is 1. The quantitative estimate of drug-likeness (QED) is 0.902. The van der Waals surface area contributed by atoms with Crippen molar-refractivity contribution in [1.82, 2.24) is 0 Å². The van der Waals surface area contributed by atoms with Crippen LogP contribution in [0.4, 0.5) is 5.69 Å². The number of carboxylic acids is 1. The number of anilines is 1. The van der Waals surface area contributed by atoms with Crippen LogP contribution < -0.4 is 4.31 Å². The van der Waals surface area contributed by atoms with Gasteiger partial charge in [0.05, 0.1) is 10.7 Å². The number of hydrogen-bond acceptors (Lipinski definition) is 4. The Hall–Kier alpha value is -1.57. The highest BCUT2D eigenvalue weighted by Gasteiger charge is 2.27. The summed E-state index contributed by atoms with van der Waals surface area (Å²) >= 11 is 6.77. The molecule has 0 radical (unpaired) electrons. The Balaban J connectivity index is 2.49. The summed E-state index contributed by atoms with van der Waals surface area (Å²) in [6, 6.07) is 9.18. The number of carboxylic acid groups (broad SMARTS) is 1. The maximum absolute atomic E-state index is 12.6. The van der Waals surface area contributed by atoms with Crippen LogP contribution in [0.1, 0.15) is 16.6 Å². The highest BCUT2D eigenvalue weighted by Crippen LogP contribution is 2.32. The second-order valence-corrected chi connectivity index (χ2v) is 7.63. The molecule has 0 amide bonds. The van der Waals surface area contributed by atoms with E-state index in [0.717, 1.165) is 15.6 Å². The van der Waals surface area contributed by atoms with Crippen molar-refractivity contribution in [1.29, 1.82) is 0 Å². The van der Waals surface area contributed by atoms with Crippen LogP contribution >= 0.6 is 22.9 Å². The minimum atomic E-state index is -3.84. The van der Waals surface area contributed by atoms with E-state index in [1.807, 2.05) is 0 Å². The van der Waals surface area contributed by atoms with E-state index in [2.05, 4.69) is 0 Å². The molecule has 0 unspecified atom stereocenters. The van der Waals surface area contributed by atoms with Crippen molar-refractivity contribution in [2.24, 2.45) is 0 Å². The molecule has 21 heavy (non-hydrogen) atoms. The van der Waals surface area contributed by atoms with Crippen molar-refractivity contribution in [3.63, 3.8) is 0 Å². The minimum absolute atomic E-state index is 0.0243. The van der Waals surface area contributed by atoms with Crippen molar-refractivity contribution >= 4 is 44.6 Å². The van der Waals surface area contributed by atoms with Crippen molar-refractivity contribution < 1.29 is 18.3 Å². The van der Waals surface area contributed by atoms with Gasteiger partial charge in [0, 0.05) is 6.54 Å². The number of para-hydroxylation sites is 1. The van der Waals surface area contributed by atoms with Gasteiger partial charge in [0.2, 0.25) is 0 Å². The molecule has 1 aromatic carbocycles. The summed E-state index contributed by atoms with van der Waals surface area (Å²) < 4.78 is 26.4. The molecule has 1 aromatic heterocycles. The Bertz CT molecular complexity index is 770. The van der Waals surface area contributed by atoms with E-state index in [0.29, 0.717) is 10.7 Å². The zero-order chi connectivity index (χ0) is 15.6. The van der Waals surface area contributed by atoms with E-state index in [-0.39, 0.29) is 15.6 Å². The van der Waals surface area contributed by atoms with E-state index in [1.165, 1.54) is 12.1 Å². The Kier molecular flexibility index (Phi) is 4.55. The Morgan fingerprint density at radius 3 is 2.48 bits per heavy atom. The Morgan fingerprint density at radius 2 is 1.95 bits per heavy atom. The molecule has 0 fully saturated rings. The predicted molar refractivity (Wildman–Crippen MR) is 82.9 cm³/mol. The second kappa shape index (κ2) is 6.05. The van der Waals surface area contributed by atoms with Gasteiger partial charge in [-0.3, -0.25) is 4.31 Å². The number of aromatic carboxylic acids is 1. The first kappa shape index (κ1) is 15.8. The monoisotopic (exact) mass is 345 g/mol. The lowest BCUT2D eigenvalue weighted by molar-refractivity contribution is 0.0702. The lowest BCUT2D eigenvalue weighted by Crippen LogP contribution is -2.30. The molecule has 112 valence electrons. The average Bonchev–Trinajstić information content (AvgIpc) is 2.92. The molecule has 2 rings (SSSR count). The van der Waals surface area contributed by atoms with Crippen LogP contribution in [0.25, 0.3) is 0 Å². The summed E-state index contributed by atoms with van der Waals surface area (Å²) in [6.07, 6.45) is 0. The third-order valence-corrected chi connectivity index (χ3v) is 6.49. The van der Waals surface area contributed by atoms with Gasteiger partial charge in [0.25, 0.3) is 10.0 Å². The number of sulfonamides is 1. The predicted octanol–water partition coefficient (Wildman–Crippen LogP) is 3.31. The number of hydrogen-bond donors (Lipinski definition) is 1. The molecular formula is C13H12ClNO4S2. The normalized spacial score (nSPS) is 11.3. The van der Waals surface area contributed by atoms with Crippen LogP contribution in [0.15, 0.2) is 40.6 Å². The number of rotatable bonds is 5. The average molecular weight is 346 g/mol. The lowest BCUT2D eigenvalue weighted by Gasteiger charge is -2.22. The van der Waals surface area contributed by atoms with Crippen LogP contribution in [-0.4, -0.2) is 26.0 Å². The maximum atomic E-state index is 12.6. The Labute approximate surface area is 131 Å². The van der Waals surface area contributed by atoms with Gasteiger partial charge in [-0.2, -0.15) is 0 Å². The molecule has 0 saturated heterocycles. The van der Waals surface area contributed by atoms with Crippen LogP contribution in [0.3, 0.4) is 0 Å². The number of nitrogens with zero attached hydrogens (tertiary/aromatic N) is 1. The van der Waals surface area contributed by atoms with Crippen LogP contribution in [0.2, 0.25) is 5.02 Å². The van der Waals surface area contributed by atoms with Crippen molar-refractivity contribution in [3.8, 4) is 0 Å². The molecule has 0 aliphatic heterocycles. The van der Waals surface area contributed by atoms with Crippen molar-refractivity contribution in [3.05, 3.63) is 46.3 Å². The highest BCUT2D eigenvalue weighted by atomic mass is 35.5. The summed E-state index contributed by atoms with van der Waals surface area (Å²) in [5.41, 5.74) is 0.368. The van der Waals surface area contributed by atoms with E-state index in [1.54, 1.807) is 31.2 Å². The first-order valence-electron chi connectivity index (χ1n) is 5.98. The molecule has 8 heteroatoms. The molecule has 0 atom stereocenters. The van der Waals surface area contributed by atoms with Crippen molar-refractivity contribution in [2.45, 2.75) is 11.1 Å². The fourth-order valence-corrected chi connectivity index (χ4v) is 4.85. The van der Waals surface area contributed by atoms with E-state index < -0.39 is 16.0 Å². The number of benzene rings is 1. The summed E-state index contributed by atoms with van der Waals surface area (Å²) in [7, 11) is -3.84. The van der Waals surface area contributed by atoms with Gasteiger partial charge in [-0.25, -0.2) is 13.2 Å². The third kappa shape index (κ3) is 3.04. The molecule has 1 heterocycles. The summed E-state index contributed by atoms with van der Waals surface area (Å²) in [5.74, 6) is -1.15. The molecule has 2 aromatic rings. The molecule has 0 aliphatic carbocycles. The second-order valence-electron chi connectivity index (χ2n) is 4.05. The fourth-order valence-electron chi connectivity index (χ4n) is 1.81. The molecule has 1 N–H and O–H groups in total. The first-order chi connectivity index (χ1) is 9.87. The molecule has 0 aliphatic rings. The summed E-state index contributed by atoms with van der Waals surface area (Å²) in [4.78, 5) is 10.9. The zero-order valence-corrected chi connectivity index (χ0v) is 13.4. The van der Waals surface area contributed by atoms with Gasteiger partial charge in [-0.05, 0) is 31.2 Å². The topological polar surface area (TPSA) is 74.7 Å². The van der Waals surface area contributed by atoms with E-state index in [4.69, 9.17) is 16.7 Å². The van der Waals surface area contributed by atoms with Gasteiger partial charge < -0.3 is 5.11 Å². The van der Waals surface area contributed by atoms with Gasteiger partial charge >= 0.3 is 5.97 Å². The first-order valence-corrected chi connectivity index (χ1v) is 8.61. The molecule has 0 saturated carbocycles. The van der Waals surface area contributed by atoms with Gasteiger partial charge in [-0.15, -0.1) is 11.3 Å². The fraction of sp³-hybridized carbons (Fsp3) is 0.154. The standard InChI is InChI=1S/C13H12ClNO4S2/c1-2-15(10-6-4-3-5-9(10)14)21(18,19)12-8-7-11(20-12)13(16)17/h3-8H,2H2,1H3,(H,16,17). The van der Waals surface area contributed by atoms with Gasteiger partial charge in [0.1, 0.15) is 9.09 Å². The largest absolute Gasteiger partial charge is 0.477 e. The smallest absolute Gasteiger partial charge is 0.345 e. The van der Waals surface area contributed by atoms with E-state index in [9.17, 15) is 13.2 Å². The molecule has 5 nitrogen and oxygen atoms in total. The van der Waals surface area contributed by atoms with Crippen molar-refractivity contribution in [2.75, 3.05) is 10.8 Å². The summed E-state index contributed by atoms with van der Waals surface area (Å²) in [6.45, 7) is 1.87. The highest BCUT2D eigenvalue weighted by molar-refractivity contribution is 7.94. The van der Waals surface area contributed by atoms with Gasteiger partial charge in [0.15, 0.2) is 0 Å². The number of carbonyl (C=O) groups is 1.